The van der Waals surface area contributed by atoms with Gasteiger partial charge in [0.2, 0.25) is 0 Å². The molecule has 0 bridgehead atoms. The van der Waals surface area contributed by atoms with Crippen molar-refractivity contribution in [3.8, 4) is 0 Å². The van der Waals surface area contributed by atoms with Crippen LogP contribution in [-0.4, -0.2) is 54.4 Å². The van der Waals surface area contributed by atoms with E-state index in [9.17, 15) is 0 Å². The van der Waals surface area contributed by atoms with E-state index in [0.717, 1.165) is 50.8 Å². The molecule has 1 aliphatic heterocycles. The normalized spacial score (nSPS) is 20.1. The van der Waals surface area contributed by atoms with E-state index in [-0.39, 0.29) is 0 Å². The van der Waals surface area contributed by atoms with Crippen molar-refractivity contribution in [2.75, 3.05) is 33.4 Å². The molecule has 1 fully saturated rings. The lowest BCUT2D eigenvalue weighted by molar-refractivity contribution is -0.0429. The van der Waals surface area contributed by atoms with Gasteiger partial charge in [-0.2, -0.15) is 0 Å². The molecule has 1 aliphatic rings. The molecule has 2 heterocycles. The van der Waals surface area contributed by atoms with Crippen LogP contribution in [0.3, 0.4) is 0 Å². The van der Waals surface area contributed by atoms with E-state index < -0.39 is 0 Å². The third kappa shape index (κ3) is 5.30. The predicted molar refractivity (Wildman–Crippen MR) is 74.1 cm³/mol. The Morgan fingerprint density at radius 1 is 1.53 bits per heavy atom. The lowest BCUT2D eigenvalue weighted by atomic mass is 10.1. The monoisotopic (exact) mass is 267 g/mol. The average Bonchev–Trinajstić information content (AvgIpc) is 2.81. The SMILES string of the molecule is Cc1cnc(CN(C)CCOC[C@H]2CCCCO2)[nH]1. The number of ether oxygens (including phenoxy) is 2. The summed E-state index contributed by atoms with van der Waals surface area (Å²) in [5.74, 6) is 1.01. The van der Waals surface area contributed by atoms with E-state index in [4.69, 9.17) is 9.47 Å². The molecule has 1 aromatic rings. The second-order valence-electron chi connectivity index (χ2n) is 5.31. The van der Waals surface area contributed by atoms with E-state index in [2.05, 4.69) is 21.9 Å². The van der Waals surface area contributed by atoms with E-state index in [1.54, 1.807) is 0 Å². The third-order valence-corrected chi connectivity index (χ3v) is 3.37. The number of hydrogen-bond donors (Lipinski definition) is 1. The number of nitrogens with zero attached hydrogens (tertiary/aromatic N) is 2. The van der Waals surface area contributed by atoms with Crippen molar-refractivity contribution in [3.63, 3.8) is 0 Å². The molecule has 0 aliphatic carbocycles. The molecule has 2 rings (SSSR count). The average molecular weight is 267 g/mol. The van der Waals surface area contributed by atoms with Gasteiger partial charge in [-0.05, 0) is 33.2 Å². The van der Waals surface area contributed by atoms with Gasteiger partial charge in [-0.25, -0.2) is 4.98 Å². The molecule has 1 atom stereocenters. The Bertz CT molecular complexity index is 361. The summed E-state index contributed by atoms with van der Waals surface area (Å²) in [7, 11) is 2.08. The van der Waals surface area contributed by atoms with Gasteiger partial charge in [0, 0.05) is 25.0 Å². The van der Waals surface area contributed by atoms with E-state index in [1.165, 1.54) is 12.8 Å². The van der Waals surface area contributed by atoms with Gasteiger partial charge in [-0.1, -0.05) is 0 Å². The summed E-state index contributed by atoms with van der Waals surface area (Å²) in [6, 6.07) is 0. The zero-order chi connectivity index (χ0) is 13.5. The fraction of sp³-hybridized carbons (Fsp3) is 0.786. The molecule has 5 nitrogen and oxygen atoms in total. The van der Waals surface area contributed by atoms with Crippen LogP contribution in [0, 0.1) is 6.92 Å². The van der Waals surface area contributed by atoms with Crippen molar-refractivity contribution in [2.45, 2.75) is 38.8 Å². The zero-order valence-electron chi connectivity index (χ0n) is 12.0. The summed E-state index contributed by atoms with van der Waals surface area (Å²) < 4.78 is 11.3. The standard InChI is InChI=1S/C14H25N3O2/c1-12-9-15-14(16-12)10-17(2)6-8-18-11-13-5-3-4-7-19-13/h9,13H,3-8,10-11H2,1-2H3,(H,15,16)/t13-/m1/s1. The van der Waals surface area contributed by atoms with Crippen LogP contribution < -0.4 is 0 Å². The molecule has 108 valence electrons. The first kappa shape index (κ1) is 14.5. The Kier molecular flexibility index (Phi) is 5.82. The largest absolute Gasteiger partial charge is 0.377 e. The highest BCUT2D eigenvalue weighted by Gasteiger charge is 2.13. The Morgan fingerprint density at radius 3 is 3.11 bits per heavy atom. The number of hydrogen-bond acceptors (Lipinski definition) is 4. The van der Waals surface area contributed by atoms with Crippen LogP contribution in [0.15, 0.2) is 6.20 Å². The van der Waals surface area contributed by atoms with Gasteiger partial charge in [0.15, 0.2) is 0 Å². The molecular weight excluding hydrogens is 242 g/mol. The first-order valence-electron chi connectivity index (χ1n) is 7.12. The quantitative estimate of drug-likeness (QED) is 0.765. The van der Waals surface area contributed by atoms with E-state index >= 15 is 0 Å². The molecule has 0 aromatic carbocycles. The Labute approximate surface area is 115 Å². The first-order chi connectivity index (χ1) is 9.24. The summed E-state index contributed by atoms with van der Waals surface area (Å²) in [4.78, 5) is 9.74. The number of aromatic nitrogens is 2. The minimum absolute atomic E-state index is 0.312. The van der Waals surface area contributed by atoms with Crippen LogP contribution >= 0.6 is 0 Å². The van der Waals surface area contributed by atoms with Gasteiger partial charge in [0.05, 0.1) is 25.9 Å². The molecule has 0 spiro atoms. The maximum absolute atomic E-state index is 5.69. The predicted octanol–water partition coefficient (Wildman–Crippen LogP) is 1.74. The van der Waals surface area contributed by atoms with Crippen LogP contribution in [0.1, 0.15) is 30.8 Å². The highest BCUT2D eigenvalue weighted by Crippen LogP contribution is 2.12. The summed E-state index contributed by atoms with van der Waals surface area (Å²) in [5, 5.41) is 0. The van der Waals surface area contributed by atoms with Crippen LogP contribution in [-0.2, 0) is 16.0 Å². The summed E-state index contributed by atoms with van der Waals surface area (Å²) >= 11 is 0. The first-order valence-corrected chi connectivity index (χ1v) is 7.12. The van der Waals surface area contributed by atoms with Crippen molar-refractivity contribution in [2.24, 2.45) is 0 Å². The maximum atomic E-state index is 5.69. The highest BCUT2D eigenvalue weighted by atomic mass is 16.5. The van der Waals surface area contributed by atoms with Gasteiger partial charge in [0.25, 0.3) is 0 Å². The molecule has 1 aromatic heterocycles. The maximum Gasteiger partial charge on any atom is 0.120 e. The third-order valence-electron chi connectivity index (χ3n) is 3.37. The number of nitrogens with one attached hydrogen (secondary N) is 1. The Balaban J connectivity index is 1.54. The van der Waals surface area contributed by atoms with Gasteiger partial charge >= 0.3 is 0 Å². The topological polar surface area (TPSA) is 50.4 Å². The number of likely N-dealkylation sites (N-methyl/N-ethyl adjacent to an activating group) is 1. The van der Waals surface area contributed by atoms with Gasteiger partial charge in [-0.3, -0.25) is 4.90 Å². The second-order valence-corrected chi connectivity index (χ2v) is 5.31. The van der Waals surface area contributed by atoms with Gasteiger partial charge in [0.1, 0.15) is 5.82 Å². The molecular formula is C14H25N3O2. The zero-order valence-corrected chi connectivity index (χ0v) is 12.0. The molecule has 0 amide bonds. The number of rotatable bonds is 7. The van der Waals surface area contributed by atoms with Crippen LogP contribution in [0.4, 0.5) is 0 Å². The fourth-order valence-corrected chi connectivity index (χ4v) is 2.26. The highest BCUT2D eigenvalue weighted by molar-refractivity contribution is 4.97. The van der Waals surface area contributed by atoms with Gasteiger partial charge in [-0.15, -0.1) is 0 Å². The minimum atomic E-state index is 0.312. The number of H-pyrrole nitrogens is 1. The number of aryl methyl sites for hydroxylation is 1. The smallest absolute Gasteiger partial charge is 0.120 e. The van der Waals surface area contributed by atoms with Crippen molar-refractivity contribution in [1.82, 2.24) is 14.9 Å². The molecule has 1 saturated heterocycles. The van der Waals surface area contributed by atoms with E-state index in [1.807, 2.05) is 13.1 Å². The van der Waals surface area contributed by atoms with Crippen molar-refractivity contribution < 1.29 is 9.47 Å². The van der Waals surface area contributed by atoms with Crippen LogP contribution in [0.2, 0.25) is 0 Å². The fourth-order valence-electron chi connectivity index (χ4n) is 2.26. The number of aromatic amines is 1. The molecule has 19 heavy (non-hydrogen) atoms. The van der Waals surface area contributed by atoms with Crippen LogP contribution in [0.5, 0.6) is 0 Å². The second kappa shape index (κ2) is 7.62. The Hall–Kier alpha value is -0.910. The van der Waals surface area contributed by atoms with Crippen molar-refractivity contribution in [3.05, 3.63) is 17.7 Å². The lowest BCUT2D eigenvalue weighted by Gasteiger charge is -2.23. The summed E-state index contributed by atoms with van der Waals surface area (Å²) in [5.41, 5.74) is 1.11. The van der Waals surface area contributed by atoms with Gasteiger partial charge < -0.3 is 14.5 Å². The van der Waals surface area contributed by atoms with E-state index in [0.29, 0.717) is 6.10 Å². The molecule has 0 saturated carbocycles. The molecule has 0 radical (unpaired) electrons. The lowest BCUT2D eigenvalue weighted by Crippen LogP contribution is -2.28. The molecule has 0 unspecified atom stereocenters. The molecule has 5 heteroatoms. The van der Waals surface area contributed by atoms with Crippen molar-refractivity contribution >= 4 is 0 Å². The minimum Gasteiger partial charge on any atom is -0.377 e. The van der Waals surface area contributed by atoms with Crippen LogP contribution in [0.25, 0.3) is 0 Å². The number of imidazole rings is 1. The molecule has 1 N–H and O–H groups in total. The summed E-state index contributed by atoms with van der Waals surface area (Å²) in [6.07, 6.45) is 5.78. The Morgan fingerprint density at radius 2 is 2.42 bits per heavy atom. The van der Waals surface area contributed by atoms with Crippen molar-refractivity contribution in [1.29, 1.82) is 0 Å². The summed E-state index contributed by atoms with van der Waals surface area (Å²) in [6.45, 7) is 6.13.